The number of nitrogens with zero attached hydrogens (tertiary/aromatic N) is 3. The highest BCUT2D eigenvalue weighted by molar-refractivity contribution is 7.17. The van der Waals surface area contributed by atoms with Gasteiger partial charge in [-0.3, -0.25) is 9.69 Å². The number of halogens is 1. The Bertz CT molecular complexity index is 891. The van der Waals surface area contributed by atoms with Crippen LogP contribution in [0.5, 0.6) is 0 Å². The van der Waals surface area contributed by atoms with Crippen LogP contribution in [-0.4, -0.2) is 46.5 Å². The van der Waals surface area contributed by atoms with Gasteiger partial charge in [0.05, 0.1) is 10.2 Å². The van der Waals surface area contributed by atoms with E-state index in [0.717, 1.165) is 54.2 Å². The second kappa shape index (κ2) is 6.61. The van der Waals surface area contributed by atoms with E-state index in [1.807, 2.05) is 40.1 Å². The van der Waals surface area contributed by atoms with E-state index in [1.54, 1.807) is 11.3 Å². The van der Waals surface area contributed by atoms with Gasteiger partial charge in [0.2, 0.25) is 0 Å². The van der Waals surface area contributed by atoms with Crippen LogP contribution in [0.1, 0.15) is 16.1 Å². The summed E-state index contributed by atoms with van der Waals surface area (Å²) < 4.78 is 16.1. The predicted octanol–water partition coefficient (Wildman–Crippen LogP) is 3.34. The monoisotopic (exact) mass is 357 g/mol. The number of aryl methyl sites for hydroxylation is 1. The molecule has 0 N–H and O–H groups in total. The molecule has 1 amide bonds. The Morgan fingerprint density at radius 2 is 1.84 bits per heavy atom. The van der Waals surface area contributed by atoms with Crippen molar-refractivity contribution in [2.75, 3.05) is 26.2 Å². The van der Waals surface area contributed by atoms with Crippen molar-refractivity contribution in [1.29, 1.82) is 0 Å². The molecule has 6 heteroatoms. The van der Waals surface area contributed by atoms with E-state index in [2.05, 4.69) is 11.0 Å². The quantitative estimate of drug-likeness (QED) is 0.719. The molecule has 0 atom stereocenters. The molecule has 1 aliphatic heterocycles. The standard InChI is InChI=1S/C19H20FN3OS/c1-21-16-6-11-25-18(16)12-17(21)19(24)23-9-7-22(8-10-23)13-14-2-4-15(20)5-3-14/h2-6,11-12H,7-10,13H2,1H3. The van der Waals surface area contributed by atoms with Gasteiger partial charge in [0, 0.05) is 39.8 Å². The van der Waals surface area contributed by atoms with E-state index in [-0.39, 0.29) is 11.7 Å². The van der Waals surface area contributed by atoms with Gasteiger partial charge in [-0.15, -0.1) is 11.3 Å². The molecule has 0 spiro atoms. The number of aromatic nitrogens is 1. The SMILES string of the molecule is Cn1c(C(=O)N2CCN(Cc3ccc(F)cc3)CC2)cc2sccc21. The smallest absolute Gasteiger partial charge is 0.270 e. The molecule has 4 rings (SSSR count). The highest BCUT2D eigenvalue weighted by atomic mass is 32.1. The lowest BCUT2D eigenvalue weighted by Crippen LogP contribution is -2.48. The first-order chi connectivity index (χ1) is 12.1. The fourth-order valence-corrected chi connectivity index (χ4v) is 4.22. The highest BCUT2D eigenvalue weighted by Crippen LogP contribution is 2.25. The number of carbonyl (C=O) groups excluding carboxylic acids is 1. The number of benzene rings is 1. The van der Waals surface area contributed by atoms with Crippen molar-refractivity contribution in [1.82, 2.24) is 14.4 Å². The molecule has 1 fully saturated rings. The van der Waals surface area contributed by atoms with Crippen LogP contribution in [0.25, 0.3) is 10.2 Å². The Kier molecular flexibility index (Phi) is 4.31. The van der Waals surface area contributed by atoms with E-state index in [0.29, 0.717) is 0 Å². The summed E-state index contributed by atoms with van der Waals surface area (Å²) in [5, 5.41) is 2.05. The molecule has 0 bridgehead atoms. The summed E-state index contributed by atoms with van der Waals surface area (Å²) >= 11 is 1.66. The zero-order chi connectivity index (χ0) is 17.4. The first kappa shape index (κ1) is 16.3. The number of hydrogen-bond donors (Lipinski definition) is 0. The number of amides is 1. The van der Waals surface area contributed by atoms with Gasteiger partial charge in [-0.25, -0.2) is 4.39 Å². The molecule has 2 aromatic heterocycles. The second-order valence-corrected chi connectivity index (χ2v) is 7.40. The average molecular weight is 357 g/mol. The fraction of sp³-hybridized carbons (Fsp3) is 0.316. The third kappa shape index (κ3) is 3.19. The number of rotatable bonds is 3. The zero-order valence-electron chi connectivity index (χ0n) is 14.1. The molecule has 0 saturated carbocycles. The molecule has 4 nitrogen and oxygen atoms in total. The molecule has 0 unspecified atom stereocenters. The molecule has 1 aliphatic rings. The molecule has 3 aromatic rings. The number of carbonyl (C=O) groups is 1. The van der Waals surface area contributed by atoms with E-state index in [4.69, 9.17) is 0 Å². The summed E-state index contributed by atoms with van der Waals surface area (Å²) in [5.41, 5.74) is 2.97. The van der Waals surface area contributed by atoms with Crippen LogP contribution in [-0.2, 0) is 13.6 Å². The number of piperazine rings is 1. The topological polar surface area (TPSA) is 28.5 Å². The maximum atomic E-state index is 13.0. The Hall–Kier alpha value is -2.18. The summed E-state index contributed by atoms with van der Waals surface area (Å²) in [7, 11) is 1.95. The van der Waals surface area contributed by atoms with Crippen molar-refractivity contribution in [3.63, 3.8) is 0 Å². The minimum absolute atomic E-state index is 0.104. The molecule has 130 valence electrons. The van der Waals surface area contributed by atoms with Crippen molar-refractivity contribution in [3.8, 4) is 0 Å². The van der Waals surface area contributed by atoms with Crippen LogP contribution in [0.2, 0.25) is 0 Å². The van der Waals surface area contributed by atoms with Crippen molar-refractivity contribution in [2.45, 2.75) is 6.54 Å². The van der Waals surface area contributed by atoms with Gasteiger partial charge >= 0.3 is 0 Å². The summed E-state index contributed by atoms with van der Waals surface area (Å²) in [5.74, 6) is -0.103. The lowest BCUT2D eigenvalue weighted by Gasteiger charge is -2.34. The molecule has 3 heterocycles. The molecule has 0 aliphatic carbocycles. The van der Waals surface area contributed by atoms with Crippen LogP contribution in [0.3, 0.4) is 0 Å². The Morgan fingerprint density at radius 1 is 1.12 bits per heavy atom. The molecule has 1 aromatic carbocycles. The number of thiophene rings is 1. The average Bonchev–Trinajstić information content (AvgIpc) is 3.20. The van der Waals surface area contributed by atoms with Crippen molar-refractivity contribution in [3.05, 3.63) is 58.9 Å². The van der Waals surface area contributed by atoms with Gasteiger partial charge in [-0.1, -0.05) is 12.1 Å². The lowest BCUT2D eigenvalue weighted by molar-refractivity contribution is 0.0619. The normalized spacial score (nSPS) is 15.8. The van der Waals surface area contributed by atoms with Gasteiger partial charge in [0.25, 0.3) is 5.91 Å². The zero-order valence-corrected chi connectivity index (χ0v) is 14.9. The summed E-state index contributed by atoms with van der Waals surface area (Å²) in [6.07, 6.45) is 0. The maximum Gasteiger partial charge on any atom is 0.270 e. The molecule has 1 saturated heterocycles. The van der Waals surface area contributed by atoms with Crippen LogP contribution in [0, 0.1) is 5.82 Å². The van der Waals surface area contributed by atoms with Crippen LogP contribution >= 0.6 is 11.3 Å². The Morgan fingerprint density at radius 3 is 2.52 bits per heavy atom. The van der Waals surface area contributed by atoms with Crippen molar-refractivity contribution in [2.24, 2.45) is 7.05 Å². The molecule has 0 radical (unpaired) electrons. The van der Waals surface area contributed by atoms with E-state index in [9.17, 15) is 9.18 Å². The lowest BCUT2D eigenvalue weighted by atomic mass is 10.2. The summed E-state index contributed by atoms with van der Waals surface area (Å²) in [6.45, 7) is 3.91. The van der Waals surface area contributed by atoms with Gasteiger partial charge < -0.3 is 9.47 Å². The first-order valence-electron chi connectivity index (χ1n) is 8.41. The van der Waals surface area contributed by atoms with E-state index in [1.165, 1.54) is 12.1 Å². The fourth-order valence-electron chi connectivity index (χ4n) is 3.37. The number of hydrogen-bond acceptors (Lipinski definition) is 3. The van der Waals surface area contributed by atoms with Crippen molar-refractivity contribution >= 4 is 27.5 Å². The Balaban J connectivity index is 1.39. The summed E-state index contributed by atoms with van der Waals surface area (Å²) in [4.78, 5) is 17.1. The predicted molar refractivity (Wildman–Crippen MR) is 98.4 cm³/mol. The molecular weight excluding hydrogens is 337 g/mol. The minimum Gasteiger partial charge on any atom is -0.339 e. The van der Waals surface area contributed by atoms with Crippen molar-refractivity contribution < 1.29 is 9.18 Å². The van der Waals surface area contributed by atoms with Gasteiger partial charge in [-0.05, 0) is 35.2 Å². The highest BCUT2D eigenvalue weighted by Gasteiger charge is 2.24. The third-order valence-electron chi connectivity index (χ3n) is 4.86. The first-order valence-corrected chi connectivity index (χ1v) is 9.29. The largest absolute Gasteiger partial charge is 0.339 e. The second-order valence-electron chi connectivity index (χ2n) is 6.45. The summed E-state index contributed by atoms with van der Waals surface area (Å²) in [6, 6.07) is 10.7. The van der Waals surface area contributed by atoms with E-state index >= 15 is 0 Å². The molecular formula is C19H20FN3OS. The number of fused-ring (bicyclic) bond motifs is 1. The Labute approximate surface area is 150 Å². The van der Waals surface area contributed by atoms with Gasteiger partial charge in [-0.2, -0.15) is 0 Å². The van der Waals surface area contributed by atoms with Gasteiger partial charge in [0.1, 0.15) is 11.5 Å². The maximum absolute atomic E-state index is 13.0. The molecule has 25 heavy (non-hydrogen) atoms. The minimum atomic E-state index is -0.207. The van der Waals surface area contributed by atoms with Crippen LogP contribution in [0.4, 0.5) is 4.39 Å². The third-order valence-corrected chi connectivity index (χ3v) is 5.72. The van der Waals surface area contributed by atoms with Gasteiger partial charge in [0.15, 0.2) is 0 Å². The van der Waals surface area contributed by atoms with Crippen LogP contribution < -0.4 is 0 Å². The van der Waals surface area contributed by atoms with E-state index < -0.39 is 0 Å². The van der Waals surface area contributed by atoms with Crippen LogP contribution in [0.15, 0.2) is 41.8 Å².